The van der Waals surface area contributed by atoms with Gasteiger partial charge in [-0.2, -0.15) is 0 Å². The highest BCUT2D eigenvalue weighted by atomic mass is 16.4. The number of hydrogen-bond donors (Lipinski definition) is 2. The number of nitrogens with one attached hydrogen (secondary N) is 1. The molecule has 1 fully saturated rings. The highest BCUT2D eigenvalue weighted by Gasteiger charge is 2.28. The summed E-state index contributed by atoms with van der Waals surface area (Å²) in [4.78, 5) is 28.5. The van der Waals surface area contributed by atoms with Gasteiger partial charge < -0.3 is 15.0 Å². The van der Waals surface area contributed by atoms with Crippen molar-refractivity contribution in [3.63, 3.8) is 0 Å². The zero-order chi connectivity index (χ0) is 15.9. The van der Waals surface area contributed by atoms with Crippen molar-refractivity contribution in [1.29, 1.82) is 0 Å². The Bertz CT molecular complexity index is 740. The standard InChI is InChI=1S/C17H20N2O3/c1-10-3-4-14-13(11(10)2)9-15(18-14)16(20)19-7-5-12(6-8-19)17(21)22/h3-4,9,12,18H,5-8H2,1-2H3,(H,21,22). The third-order valence-corrected chi connectivity index (χ3v) is 4.71. The van der Waals surface area contributed by atoms with Crippen LogP contribution in [0.2, 0.25) is 0 Å². The first kappa shape index (κ1) is 14.6. The maximum absolute atomic E-state index is 12.6. The lowest BCUT2D eigenvalue weighted by Crippen LogP contribution is -2.40. The van der Waals surface area contributed by atoms with Crippen molar-refractivity contribution in [2.45, 2.75) is 26.7 Å². The number of amides is 1. The van der Waals surface area contributed by atoms with Crippen molar-refractivity contribution in [1.82, 2.24) is 9.88 Å². The molecule has 2 aromatic rings. The zero-order valence-corrected chi connectivity index (χ0v) is 12.8. The van der Waals surface area contributed by atoms with Crippen LogP contribution in [0.4, 0.5) is 0 Å². The second-order valence-corrected chi connectivity index (χ2v) is 6.06. The van der Waals surface area contributed by atoms with Crippen LogP contribution in [0.5, 0.6) is 0 Å². The molecule has 1 aromatic heterocycles. The Morgan fingerprint density at radius 1 is 1.23 bits per heavy atom. The molecule has 2 heterocycles. The summed E-state index contributed by atoms with van der Waals surface area (Å²) in [5, 5.41) is 10.1. The van der Waals surface area contributed by atoms with E-state index < -0.39 is 5.97 Å². The second kappa shape index (κ2) is 5.48. The van der Waals surface area contributed by atoms with Crippen molar-refractivity contribution < 1.29 is 14.7 Å². The number of H-pyrrole nitrogens is 1. The van der Waals surface area contributed by atoms with Gasteiger partial charge in [0.25, 0.3) is 5.91 Å². The smallest absolute Gasteiger partial charge is 0.306 e. The molecule has 0 saturated carbocycles. The third-order valence-electron chi connectivity index (χ3n) is 4.71. The molecular weight excluding hydrogens is 280 g/mol. The number of hydrogen-bond acceptors (Lipinski definition) is 2. The molecule has 3 rings (SSSR count). The molecule has 0 radical (unpaired) electrons. The number of aryl methyl sites for hydroxylation is 2. The summed E-state index contributed by atoms with van der Waals surface area (Å²) in [6, 6.07) is 5.94. The van der Waals surface area contributed by atoms with Crippen LogP contribution in [0.15, 0.2) is 18.2 Å². The molecule has 0 spiro atoms. The lowest BCUT2D eigenvalue weighted by molar-refractivity contribution is -0.143. The Morgan fingerprint density at radius 2 is 1.91 bits per heavy atom. The van der Waals surface area contributed by atoms with Crippen molar-refractivity contribution >= 4 is 22.8 Å². The predicted octanol–water partition coefficient (Wildman–Crippen LogP) is 2.72. The number of nitrogens with zero attached hydrogens (tertiary/aromatic N) is 1. The lowest BCUT2D eigenvalue weighted by Gasteiger charge is -2.29. The number of rotatable bonds is 2. The number of carbonyl (C=O) groups excluding carboxylic acids is 1. The predicted molar refractivity (Wildman–Crippen MR) is 84.0 cm³/mol. The summed E-state index contributed by atoms with van der Waals surface area (Å²) in [6.07, 6.45) is 1.05. The van der Waals surface area contributed by atoms with Crippen LogP contribution in [0.25, 0.3) is 10.9 Å². The molecule has 1 amide bonds. The summed E-state index contributed by atoms with van der Waals surface area (Å²) in [5.74, 6) is -1.13. The van der Waals surface area contributed by atoms with Crippen LogP contribution < -0.4 is 0 Å². The van der Waals surface area contributed by atoms with Crippen LogP contribution in [0, 0.1) is 19.8 Å². The minimum absolute atomic E-state index is 0.0444. The van der Waals surface area contributed by atoms with Crippen LogP contribution in [-0.4, -0.2) is 40.0 Å². The summed E-state index contributed by atoms with van der Waals surface area (Å²) < 4.78 is 0. The van der Waals surface area contributed by atoms with E-state index in [0.29, 0.717) is 31.6 Å². The van der Waals surface area contributed by atoms with Crippen molar-refractivity contribution in [3.05, 3.63) is 35.0 Å². The second-order valence-electron chi connectivity index (χ2n) is 6.06. The van der Waals surface area contributed by atoms with Crippen LogP contribution in [0.3, 0.4) is 0 Å². The lowest BCUT2D eigenvalue weighted by atomic mass is 9.97. The van der Waals surface area contributed by atoms with Gasteiger partial charge in [0, 0.05) is 24.0 Å². The number of carbonyl (C=O) groups is 2. The van der Waals surface area contributed by atoms with E-state index in [9.17, 15) is 9.59 Å². The Labute approximate surface area is 128 Å². The van der Waals surface area contributed by atoms with Crippen molar-refractivity contribution in [2.75, 3.05) is 13.1 Å². The molecule has 5 heteroatoms. The average molecular weight is 300 g/mol. The molecule has 1 aliphatic rings. The van der Waals surface area contributed by atoms with E-state index >= 15 is 0 Å². The molecular formula is C17H20N2O3. The van der Waals surface area contributed by atoms with Gasteiger partial charge in [0.2, 0.25) is 0 Å². The van der Waals surface area contributed by atoms with Gasteiger partial charge >= 0.3 is 5.97 Å². The van der Waals surface area contributed by atoms with E-state index in [1.165, 1.54) is 11.1 Å². The largest absolute Gasteiger partial charge is 0.481 e. The minimum Gasteiger partial charge on any atom is -0.481 e. The number of carboxylic acids is 1. The third kappa shape index (κ3) is 2.47. The van der Waals surface area contributed by atoms with E-state index in [0.717, 1.165) is 10.9 Å². The Hall–Kier alpha value is -2.30. The SMILES string of the molecule is Cc1ccc2[nH]c(C(=O)N3CCC(C(=O)O)CC3)cc2c1C. The maximum atomic E-state index is 12.6. The molecule has 1 saturated heterocycles. The van der Waals surface area contributed by atoms with Crippen LogP contribution >= 0.6 is 0 Å². The monoisotopic (exact) mass is 300 g/mol. The normalized spacial score (nSPS) is 16.2. The Morgan fingerprint density at radius 3 is 2.55 bits per heavy atom. The van der Waals surface area contributed by atoms with Gasteiger partial charge in [-0.15, -0.1) is 0 Å². The fourth-order valence-corrected chi connectivity index (χ4v) is 3.07. The fraction of sp³-hybridized carbons (Fsp3) is 0.412. The Kier molecular flexibility index (Phi) is 3.64. The topological polar surface area (TPSA) is 73.4 Å². The number of likely N-dealkylation sites (tertiary alicyclic amines) is 1. The van der Waals surface area contributed by atoms with Crippen LogP contribution in [-0.2, 0) is 4.79 Å². The van der Waals surface area contributed by atoms with E-state index in [1.54, 1.807) is 4.90 Å². The number of aromatic amines is 1. The highest BCUT2D eigenvalue weighted by Crippen LogP contribution is 2.24. The highest BCUT2D eigenvalue weighted by molar-refractivity contribution is 5.99. The van der Waals surface area contributed by atoms with E-state index in [4.69, 9.17) is 5.11 Å². The summed E-state index contributed by atoms with van der Waals surface area (Å²) >= 11 is 0. The van der Waals surface area contributed by atoms with E-state index in [1.807, 2.05) is 18.2 Å². The summed E-state index contributed by atoms with van der Waals surface area (Å²) in [7, 11) is 0. The number of aliphatic carboxylic acids is 1. The molecule has 1 aromatic carbocycles. The summed E-state index contributed by atoms with van der Waals surface area (Å²) in [5.41, 5.74) is 3.93. The van der Waals surface area contributed by atoms with E-state index in [2.05, 4.69) is 18.8 Å². The molecule has 5 nitrogen and oxygen atoms in total. The van der Waals surface area contributed by atoms with Crippen molar-refractivity contribution in [2.24, 2.45) is 5.92 Å². The number of benzene rings is 1. The maximum Gasteiger partial charge on any atom is 0.306 e. The fourth-order valence-electron chi connectivity index (χ4n) is 3.07. The molecule has 1 aliphatic heterocycles. The molecule has 2 N–H and O–H groups in total. The number of fused-ring (bicyclic) bond motifs is 1. The van der Waals surface area contributed by atoms with Crippen LogP contribution in [0.1, 0.15) is 34.5 Å². The Balaban J connectivity index is 1.81. The first-order valence-corrected chi connectivity index (χ1v) is 7.58. The van der Waals surface area contributed by atoms with Gasteiger partial charge in [-0.1, -0.05) is 6.07 Å². The average Bonchev–Trinajstić information content (AvgIpc) is 2.95. The van der Waals surface area contributed by atoms with Gasteiger partial charge in [-0.05, 0) is 49.9 Å². The number of piperidine rings is 1. The van der Waals surface area contributed by atoms with Gasteiger partial charge in [0.1, 0.15) is 5.69 Å². The first-order chi connectivity index (χ1) is 10.5. The molecule has 0 atom stereocenters. The summed E-state index contributed by atoms with van der Waals surface area (Å²) in [6.45, 7) is 5.12. The van der Waals surface area contributed by atoms with Gasteiger partial charge in [0.05, 0.1) is 5.92 Å². The van der Waals surface area contributed by atoms with Crippen molar-refractivity contribution in [3.8, 4) is 0 Å². The van der Waals surface area contributed by atoms with Gasteiger partial charge in [-0.3, -0.25) is 9.59 Å². The molecule has 0 unspecified atom stereocenters. The van der Waals surface area contributed by atoms with E-state index in [-0.39, 0.29) is 11.8 Å². The first-order valence-electron chi connectivity index (χ1n) is 7.58. The quantitative estimate of drug-likeness (QED) is 0.895. The molecule has 22 heavy (non-hydrogen) atoms. The molecule has 0 aliphatic carbocycles. The molecule has 0 bridgehead atoms. The number of aromatic nitrogens is 1. The minimum atomic E-state index is -0.760. The molecule has 116 valence electrons. The van der Waals surface area contributed by atoms with Gasteiger partial charge in [-0.25, -0.2) is 0 Å². The zero-order valence-electron chi connectivity index (χ0n) is 12.8. The number of carboxylic acid groups (broad SMARTS) is 1. The van der Waals surface area contributed by atoms with Gasteiger partial charge in [0.15, 0.2) is 0 Å².